The molecule has 1 rings (SSSR count). The van der Waals surface area contributed by atoms with Crippen LogP contribution in [0.25, 0.3) is 0 Å². The van der Waals surface area contributed by atoms with Gasteiger partial charge in [-0.2, -0.15) is 5.10 Å². The lowest BCUT2D eigenvalue weighted by atomic mass is 10.2. The highest BCUT2D eigenvalue weighted by Gasteiger charge is 2.25. The molecule has 0 aliphatic heterocycles. The van der Waals surface area contributed by atoms with Gasteiger partial charge in [-0.1, -0.05) is 13.8 Å². The second-order valence-corrected chi connectivity index (χ2v) is 6.65. The van der Waals surface area contributed by atoms with Crippen molar-refractivity contribution in [3.63, 3.8) is 0 Å². The number of aryl methyl sites for hydroxylation is 1. The first-order chi connectivity index (χ1) is 9.73. The maximum atomic E-state index is 11.9. The van der Waals surface area contributed by atoms with E-state index < -0.39 is 15.9 Å². The van der Waals surface area contributed by atoms with Gasteiger partial charge in [0.2, 0.25) is 10.0 Å². The van der Waals surface area contributed by atoms with E-state index in [-0.39, 0.29) is 16.3 Å². The molecule has 0 saturated heterocycles. The molecule has 0 saturated carbocycles. The average molecular weight is 318 g/mol. The molecule has 1 heterocycles. The number of H-pyrrole nitrogens is 1. The van der Waals surface area contributed by atoms with Crippen LogP contribution in [0.1, 0.15) is 36.5 Å². The SMILES string of the molecule is Cc1[nH]nc(C(=O)NCCCOCC(C)C)c1S(N)(=O)=O. The number of nitrogens with zero attached hydrogens (tertiary/aromatic N) is 1. The summed E-state index contributed by atoms with van der Waals surface area (Å²) in [6.45, 7) is 7.16. The van der Waals surface area contributed by atoms with Crippen LogP contribution in [0.2, 0.25) is 0 Å². The van der Waals surface area contributed by atoms with Crippen molar-refractivity contribution in [1.82, 2.24) is 15.5 Å². The first kappa shape index (κ1) is 17.6. The number of primary sulfonamides is 1. The van der Waals surface area contributed by atoms with Gasteiger partial charge >= 0.3 is 0 Å². The largest absolute Gasteiger partial charge is 0.381 e. The topological polar surface area (TPSA) is 127 Å². The van der Waals surface area contributed by atoms with E-state index in [1.54, 1.807) is 0 Å². The van der Waals surface area contributed by atoms with E-state index in [0.29, 0.717) is 32.1 Å². The predicted octanol–water partition coefficient (Wildman–Crippen LogP) is 0.158. The van der Waals surface area contributed by atoms with E-state index in [1.807, 2.05) is 0 Å². The van der Waals surface area contributed by atoms with Gasteiger partial charge in [0, 0.05) is 19.8 Å². The summed E-state index contributed by atoms with van der Waals surface area (Å²) >= 11 is 0. The number of hydrogen-bond acceptors (Lipinski definition) is 5. The van der Waals surface area contributed by atoms with Crippen molar-refractivity contribution in [1.29, 1.82) is 0 Å². The molecule has 0 aliphatic carbocycles. The number of rotatable bonds is 8. The van der Waals surface area contributed by atoms with Crippen molar-refractivity contribution in [3.8, 4) is 0 Å². The van der Waals surface area contributed by atoms with Gasteiger partial charge in [0.1, 0.15) is 4.90 Å². The summed E-state index contributed by atoms with van der Waals surface area (Å²) in [6.07, 6.45) is 0.632. The maximum absolute atomic E-state index is 11.9. The summed E-state index contributed by atoms with van der Waals surface area (Å²) in [4.78, 5) is 11.6. The van der Waals surface area contributed by atoms with Gasteiger partial charge in [-0.15, -0.1) is 0 Å². The molecule has 0 radical (unpaired) electrons. The fraction of sp³-hybridized carbons (Fsp3) is 0.667. The van der Waals surface area contributed by atoms with Gasteiger partial charge in [-0.25, -0.2) is 13.6 Å². The molecule has 0 unspecified atom stereocenters. The molecule has 0 atom stereocenters. The van der Waals surface area contributed by atoms with Gasteiger partial charge in [0.25, 0.3) is 5.91 Å². The van der Waals surface area contributed by atoms with Crippen molar-refractivity contribution >= 4 is 15.9 Å². The van der Waals surface area contributed by atoms with Gasteiger partial charge in [-0.3, -0.25) is 9.89 Å². The minimum atomic E-state index is -3.99. The summed E-state index contributed by atoms with van der Waals surface area (Å²) < 4.78 is 28.2. The Morgan fingerprint density at radius 2 is 2.14 bits per heavy atom. The first-order valence-electron chi connectivity index (χ1n) is 6.67. The number of ether oxygens (including phenoxy) is 1. The third-order valence-electron chi connectivity index (χ3n) is 2.59. The van der Waals surface area contributed by atoms with E-state index in [2.05, 4.69) is 29.4 Å². The molecular weight excluding hydrogens is 296 g/mol. The standard InChI is InChI=1S/C12H22N4O4S/c1-8(2)7-20-6-4-5-14-12(17)10-11(21(13,18)19)9(3)15-16-10/h8H,4-7H2,1-3H3,(H,14,17)(H,15,16)(H2,13,18,19). The van der Waals surface area contributed by atoms with Crippen LogP contribution in [0.5, 0.6) is 0 Å². The van der Waals surface area contributed by atoms with E-state index in [4.69, 9.17) is 9.88 Å². The Morgan fingerprint density at radius 3 is 2.71 bits per heavy atom. The fourth-order valence-electron chi connectivity index (χ4n) is 1.70. The minimum Gasteiger partial charge on any atom is -0.381 e. The van der Waals surface area contributed by atoms with Crippen molar-refractivity contribution in [2.24, 2.45) is 11.1 Å². The lowest BCUT2D eigenvalue weighted by Gasteiger charge is -2.07. The molecule has 8 nitrogen and oxygen atoms in total. The quantitative estimate of drug-likeness (QED) is 0.588. The van der Waals surface area contributed by atoms with Gasteiger partial charge < -0.3 is 10.1 Å². The highest BCUT2D eigenvalue weighted by atomic mass is 32.2. The number of nitrogens with one attached hydrogen (secondary N) is 2. The summed E-state index contributed by atoms with van der Waals surface area (Å²) in [5, 5.41) is 13.8. The molecule has 0 aromatic carbocycles. The van der Waals surface area contributed by atoms with Gasteiger partial charge in [0.15, 0.2) is 5.69 Å². The zero-order valence-corrected chi connectivity index (χ0v) is 13.3. The average Bonchev–Trinajstić information content (AvgIpc) is 2.74. The molecule has 0 spiro atoms. The van der Waals surface area contributed by atoms with Crippen LogP contribution < -0.4 is 10.5 Å². The van der Waals surface area contributed by atoms with Crippen molar-refractivity contribution in [2.45, 2.75) is 32.1 Å². The number of carbonyl (C=O) groups is 1. The molecule has 1 amide bonds. The summed E-state index contributed by atoms with van der Waals surface area (Å²) in [5.41, 5.74) is 0.0287. The predicted molar refractivity (Wildman–Crippen MR) is 77.3 cm³/mol. The normalized spacial score (nSPS) is 11.9. The Balaban J connectivity index is 2.51. The third kappa shape index (κ3) is 5.44. The number of aromatic nitrogens is 2. The smallest absolute Gasteiger partial charge is 0.273 e. The Labute approximate surface area is 124 Å². The fourth-order valence-corrected chi connectivity index (χ4v) is 2.58. The zero-order valence-electron chi connectivity index (χ0n) is 12.5. The molecule has 120 valence electrons. The lowest BCUT2D eigenvalue weighted by Crippen LogP contribution is -2.28. The molecule has 1 aromatic heterocycles. The third-order valence-corrected chi connectivity index (χ3v) is 3.66. The Kier molecular flexibility index (Phi) is 6.31. The zero-order chi connectivity index (χ0) is 16.0. The van der Waals surface area contributed by atoms with E-state index >= 15 is 0 Å². The molecule has 0 bridgehead atoms. The van der Waals surface area contributed by atoms with E-state index in [1.165, 1.54) is 6.92 Å². The minimum absolute atomic E-state index is 0.210. The summed E-state index contributed by atoms with van der Waals surface area (Å²) in [5.74, 6) is -0.115. The Hall–Kier alpha value is -1.45. The number of amides is 1. The van der Waals surface area contributed by atoms with Crippen LogP contribution in [-0.4, -0.2) is 44.3 Å². The molecule has 21 heavy (non-hydrogen) atoms. The van der Waals surface area contributed by atoms with Crippen LogP contribution in [0, 0.1) is 12.8 Å². The lowest BCUT2D eigenvalue weighted by molar-refractivity contribution is 0.0917. The Bertz CT molecular complexity index is 580. The molecule has 0 fully saturated rings. The first-order valence-corrected chi connectivity index (χ1v) is 8.21. The number of sulfonamides is 1. The van der Waals surface area contributed by atoms with Gasteiger partial charge in [-0.05, 0) is 19.3 Å². The van der Waals surface area contributed by atoms with Crippen molar-refractivity contribution < 1.29 is 17.9 Å². The van der Waals surface area contributed by atoms with Crippen LogP contribution in [0.4, 0.5) is 0 Å². The monoisotopic (exact) mass is 318 g/mol. The van der Waals surface area contributed by atoms with Crippen molar-refractivity contribution in [2.75, 3.05) is 19.8 Å². The molecule has 4 N–H and O–H groups in total. The number of carbonyl (C=O) groups excluding carboxylic acids is 1. The second-order valence-electron chi connectivity index (χ2n) is 5.15. The van der Waals surface area contributed by atoms with E-state index in [9.17, 15) is 13.2 Å². The van der Waals surface area contributed by atoms with Crippen LogP contribution in [0.3, 0.4) is 0 Å². The van der Waals surface area contributed by atoms with Crippen LogP contribution in [-0.2, 0) is 14.8 Å². The summed E-state index contributed by atoms with van der Waals surface area (Å²) in [7, 11) is -3.99. The van der Waals surface area contributed by atoms with Crippen molar-refractivity contribution in [3.05, 3.63) is 11.4 Å². The second kappa shape index (κ2) is 7.53. The molecule has 9 heteroatoms. The van der Waals surface area contributed by atoms with Crippen LogP contribution >= 0.6 is 0 Å². The molecule has 0 aliphatic rings. The molecular formula is C12H22N4O4S. The number of hydrogen-bond donors (Lipinski definition) is 3. The van der Waals surface area contributed by atoms with Crippen LogP contribution in [0.15, 0.2) is 4.90 Å². The molecule has 1 aromatic rings. The number of nitrogens with two attached hydrogens (primary N) is 1. The van der Waals surface area contributed by atoms with Gasteiger partial charge in [0.05, 0.1) is 5.69 Å². The highest BCUT2D eigenvalue weighted by molar-refractivity contribution is 7.89. The highest BCUT2D eigenvalue weighted by Crippen LogP contribution is 2.15. The van der Waals surface area contributed by atoms with E-state index in [0.717, 1.165) is 0 Å². The maximum Gasteiger partial charge on any atom is 0.273 e. The number of aromatic amines is 1. The Morgan fingerprint density at radius 1 is 1.48 bits per heavy atom. The summed E-state index contributed by atoms with van der Waals surface area (Å²) in [6, 6.07) is 0.